The molecule has 0 unspecified atom stereocenters. The highest BCUT2D eigenvalue weighted by molar-refractivity contribution is 5.92. The maximum absolute atomic E-state index is 11.5. The van der Waals surface area contributed by atoms with Crippen LogP contribution in [0.1, 0.15) is 10.4 Å². The first-order valence-electron chi connectivity index (χ1n) is 6.32. The van der Waals surface area contributed by atoms with Crippen LogP contribution in [0.3, 0.4) is 0 Å². The Labute approximate surface area is 114 Å². The molecule has 5 nitrogen and oxygen atoms in total. The van der Waals surface area contributed by atoms with E-state index in [1.165, 1.54) is 12.0 Å². The number of hydrogen-bond acceptors (Lipinski definition) is 4. The third kappa shape index (κ3) is 5.72. The van der Waals surface area contributed by atoms with E-state index in [2.05, 4.69) is 14.1 Å². The summed E-state index contributed by atoms with van der Waals surface area (Å²) in [6.45, 7) is 2.57. The van der Waals surface area contributed by atoms with Crippen LogP contribution >= 0.6 is 0 Å². The van der Waals surface area contributed by atoms with Crippen molar-refractivity contribution in [3.63, 3.8) is 0 Å². The summed E-state index contributed by atoms with van der Waals surface area (Å²) in [4.78, 5) is 12.9. The van der Waals surface area contributed by atoms with Gasteiger partial charge in [-0.25, -0.2) is 4.79 Å². The van der Waals surface area contributed by atoms with Crippen molar-refractivity contribution in [2.24, 2.45) is 0 Å². The zero-order chi connectivity index (χ0) is 14.1. The van der Waals surface area contributed by atoms with Crippen molar-refractivity contribution in [3.05, 3.63) is 29.8 Å². The summed E-state index contributed by atoms with van der Waals surface area (Å²) >= 11 is 0. The summed E-state index contributed by atoms with van der Waals surface area (Å²) in [7, 11) is 5.50. The Morgan fingerprint density at radius 2 is 1.89 bits per heavy atom. The Morgan fingerprint density at radius 1 is 1.16 bits per heavy atom. The van der Waals surface area contributed by atoms with Crippen molar-refractivity contribution < 1.29 is 23.9 Å². The van der Waals surface area contributed by atoms with Gasteiger partial charge in [0.15, 0.2) is 0 Å². The highest BCUT2D eigenvalue weighted by atomic mass is 16.5. The zero-order valence-corrected chi connectivity index (χ0v) is 11.8. The molecule has 1 rings (SSSR count). The summed E-state index contributed by atoms with van der Waals surface area (Å²) in [6.07, 6.45) is 0. The number of carbonyl (C=O) groups is 1. The van der Waals surface area contributed by atoms with Crippen molar-refractivity contribution in [3.8, 4) is 5.75 Å². The van der Waals surface area contributed by atoms with Gasteiger partial charge in [-0.05, 0) is 12.1 Å². The molecule has 1 aromatic rings. The number of likely N-dealkylation sites (N-methyl/N-ethyl adjacent to an activating group) is 1. The smallest absolute Gasteiger partial charge is 0.341 e. The van der Waals surface area contributed by atoms with Gasteiger partial charge in [-0.15, -0.1) is 0 Å². The van der Waals surface area contributed by atoms with Gasteiger partial charge in [0.1, 0.15) is 24.5 Å². The largest absolute Gasteiger partial charge is 0.490 e. The Morgan fingerprint density at radius 3 is 2.58 bits per heavy atom. The predicted octanol–water partition coefficient (Wildman–Crippen LogP) is 0.0131. The maximum Gasteiger partial charge on any atom is 0.341 e. The highest BCUT2D eigenvalue weighted by Gasteiger charge is 2.11. The van der Waals surface area contributed by atoms with Gasteiger partial charge >= 0.3 is 5.97 Å². The van der Waals surface area contributed by atoms with Gasteiger partial charge < -0.3 is 19.1 Å². The Kier molecular flexibility index (Phi) is 6.92. The standard InChI is InChI=1S/C14H21NO4/c1-15(2)8-9-18-10-11-19-13-7-5-4-6-12(13)14(16)17-3/h4-7H,8-11H2,1-3H3/p+1. The number of quaternary nitrogens is 1. The van der Waals surface area contributed by atoms with Crippen LogP contribution in [0.15, 0.2) is 24.3 Å². The summed E-state index contributed by atoms with van der Waals surface area (Å²) in [5.74, 6) is 0.129. The number of nitrogens with one attached hydrogen (secondary N) is 1. The van der Waals surface area contributed by atoms with Gasteiger partial charge in [0.2, 0.25) is 0 Å². The van der Waals surface area contributed by atoms with E-state index in [4.69, 9.17) is 14.2 Å². The number of ether oxygens (including phenoxy) is 3. The van der Waals surface area contributed by atoms with E-state index in [1.807, 2.05) is 6.07 Å². The van der Waals surface area contributed by atoms with E-state index in [1.54, 1.807) is 18.2 Å². The SMILES string of the molecule is COC(=O)c1ccccc1OCCOCC[NH+](C)C. The topological polar surface area (TPSA) is 49.2 Å². The van der Waals surface area contributed by atoms with E-state index in [0.717, 1.165) is 6.54 Å². The Balaban J connectivity index is 2.35. The van der Waals surface area contributed by atoms with E-state index in [-0.39, 0.29) is 0 Å². The lowest BCUT2D eigenvalue weighted by molar-refractivity contribution is -0.858. The molecule has 0 aliphatic rings. The minimum absolute atomic E-state index is 0.396. The molecule has 1 N–H and O–H groups in total. The van der Waals surface area contributed by atoms with Gasteiger partial charge in [-0.1, -0.05) is 12.1 Å². The van der Waals surface area contributed by atoms with Crippen LogP contribution < -0.4 is 9.64 Å². The van der Waals surface area contributed by atoms with Crippen LogP contribution in [-0.4, -0.2) is 53.5 Å². The molecule has 5 heteroatoms. The van der Waals surface area contributed by atoms with E-state index in [9.17, 15) is 4.79 Å². The van der Waals surface area contributed by atoms with Crippen LogP contribution in [0.25, 0.3) is 0 Å². The van der Waals surface area contributed by atoms with Crippen LogP contribution in [0, 0.1) is 0 Å². The van der Waals surface area contributed by atoms with Crippen molar-refractivity contribution >= 4 is 5.97 Å². The normalized spacial score (nSPS) is 10.5. The fraction of sp³-hybridized carbons (Fsp3) is 0.500. The van der Waals surface area contributed by atoms with Crippen LogP contribution in [0.4, 0.5) is 0 Å². The van der Waals surface area contributed by atoms with Crippen molar-refractivity contribution in [2.45, 2.75) is 0 Å². The van der Waals surface area contributed by atoms with E-state index in [0.29, 0.717) is 31.1 Å². The molecule has 0 heterocycles. The lowest BCUT2D eigenvalue weighted by atomic mass is 10.2. The molecule has 0 spiro atoms. The van der Waals surface area contributed by atoms with E-state index < -0.39 is 5.97 Å². The molecule has 0 amide bonds. The first-order valence-corrected chi connectivity index (χ1v) is 6.32. The third-order valence-corrected chi connectivity index (χ3v) is 2.52. The van der Waals surface area contributed by atoms with Crippen LogP contribution in [-0.2, 0) is 9.47 Å². The molecule has 0 bridgehead atoms. The molecule has 19 heavy (non-hydrogen) atoms. The van der Waals surface area contributed by atoms with Crippen molar-refractivity contribution in [2.75, 3.05) is 47.6 Å². The Bertz CT molecular complexity index is 393. The summed E-state index contributed by atoms with van der Waals surface area (Å²) in [5.41, 5.74) is 0.433. The molecular formula is C14H22NO4+. The van der Waals surface area contributed by atoms with Gasteiger partial charge in [-0.3, -0.25) is 0 Å². The average molecular weight is 268 g/mol. The van der Waals surface area contributed by atoms with Gasteiger partial charge in [0.25, 0.3) is 0 Å². The van der Waals surface area contributed by atoms with Crippen LogP contribution in [0.2, 0.25) is 0 Å². The summed E-state index contributed by atoms with van der Waals surface area (Å²) in [6, 6.07) is 7.02. The van der Waals surface area contributed by atoms with Gasteiger partial charge in [0, 0.05) is 0 Å². The molecule has 0 aliphatic heterocycles. The number of carbonyl (C=O) groups excluding carboxylic acids is 1. The molecule has 0 fully saturated rings. The Hall–Kier alpha value is -1.59. The molecule has 0 atom stereocenters. The molecular weight excluding hydrogens is 246 g/mol. The monoisotopic (exact) mass is 268 g/mol. The first kappa shape index (κ1) is 15.5. The first-order chi connectivity index (χ1) is 9.15. The molecule has 0 saturated carbocycles. The lowest BCUT2D eigenvalue weighted by Crippen LogP contribution is -3.06. The number of benzene rings is 1. The highest BCUT2D eigenvalue weighted by Crippen LogP contribution is 2.18. The maximum atomic E-state index is 11.5. The molecule has 1 aromatic carbocycles. The van der Waals surface area contributed by atoms with E-state index >= 15 is 0 Å². The number of hydrogen-bond donors (Lipinski definition) is 1. The molecule has 0 radical (unpaired) electrons. The van der Waals surface area contributed by atoms with Gasteiger partial charge in [-0.2, -0.15) is 0 Å². The van der Waals surface area contributed by atoms with Gasteiger partial charge in [0.05, 0.1) is 34.4 Å². The fourth-order valence-electron chi connectivity index (χ4n) is 1.46. The minimum Gasteiger partial charge on any atom is -0.490 e. The minimum atomic E-state index is -0.396. The predicted molar refractivity (Wildman–Crippen MR) is 71.8 cm³/mol. The third-order valence-electron chi connectivity index (χ3n) is 2.52. The summed E-state index contributed by atoms with van der Waals surface area (Å²) < 4.78 is 15.7. The quantitative estimate of drug-likeness (QED) is 0.533. The molecule has 0 aliphatic carbocycles. The number of rotatable bonds is 8. The number of para-hydroxylation sites is 1. The number of methoxy groups -OCH3 is 1. The second kappa shape index (κ2) is 8.50. The number of esters is 1. The second-order valence-corrected chi connectivity index (χ2v) is 4.41. The lowest BCUT2D eigenvalue weighted by Gasteiger charge is -2.11. The fourth-order valence-corrected chi connectivity index (χ4v) is 1.46. The van der Waals surface area contributed by atoms with Crippen molar-refractivity contribution in [1.82, 2.24) is 0 Å². The summed E-state index contributed by atoms with van der Waals surface area (Å²) in [5, 5.41) is 0. The van der Waals surface area contributed by atoms with Crippen LogP contribution in [0.5, 0.6) is 5.75 Å². The molecule has 0 saturated heterocycles. The molecule has 106 valence electrons. The second-order valence-electron chi connectivity index (χ2n) is 4.41. The van der Waals surface area contributed by atoms with Crippen molar-refractivity contribution in [1.29, 1.82) is 0 Å². The zero-order valence-electron chi connectivity index (χ0n) is 11.8. The average Bonchev–Trinajstić information content (AvgIpc) is 2.42. The molecule has 0 aromatic heterocycles.